The van der Waals surface area contributed by atoms with Gasteiger partial charge in [-0.05, 0) is 31.6 Å². The van der Waals surface area contributed by atoms with Gasteiger partial charge in [-0.2, -0.15) is 0 Å². The second-order valence-corrected chi connectivity index (χ2v) is 5.33. The minimum absolute atomic E-state index is 0.165. The maximum Gasteiger partial charge on any atom is 0.244 e. The lowest BCUT2D eigenvalue weighted by molar-refractivity contribution is -0.132. The normalized spacial score (nSPS) is 18.9. The second-order valence-electron chi connectivity index (χ2n) is 5.33. The predicted molar refractivity (Wildman–Crippen MR) is 65.4 cm³/mol. The molecule has 0 unspecified atom stereocenters. The minimum Gasteiger partial charge on any atom is -0.338 e. The Bertz CT molecular complexity index is 435. The van der Waals surface area contributed by atoms with Crippen LogP contribution in [0, 0.1) is 5.92 Å². The molecule has 2 saturated carbocycles. The molecule has 1 aromatic rings. The molecule has 18 heavy (non-hydrogen) atoms. The lowest BCUT2D eigenvalue weighted by Gasteiger charge is -2.22. The van der Waals surface area contributed by atoms with E-state index in [4.69, 9.17) is 5.73 Å². The summed E-state index contributed by atoms with van der Waals surface area (Å²) in [6.45, 7) is 1.58. The Balaban J connectivity index is 1.60. The zero-order chi connectivity index (χ0) is 12.5. The molecule has 0 aromatic carbocycles. The maximum atomic E-state index is 12.3. The third-order valence-electron chi connectivity index (χ3n) is 3.55. The average Bonchev–Trinajstić information content (AvgIpc) is 3.26. The van der Waals surface area contributed by atoms with Crippen LogP contribution >= 0.6 is 0 Å². The summed E-state index contributed by atoms with van der Waals surface area (Å²) in [7, 11) is 0. The quantitative estimate of drug-likeness (QED) is 0.778. The second kappa shape index (κ2) is 4.68. The average molecular weight is 249 g/mol. The van der Waals surface area contributed by atoms with Gasteiger partial charge >= 0.3 is 0 Å². The van der Waals surface area contributed by atoms with Crippen molar-refractivity contribution in [3.8, 4) is 0 Å². The van der Waals surface area contributed by atoms with E-state index < -0.39 is 0 Å². The standard InChI is InChI=1S/C12H19N5O/c13-5-10-7-16(15-14-10)8-12(18)17(11-3-4-11)6-9-1-2-9/h7,9,11H,1-6,8,13H2. The summed E-state index contributed by atoms with van der Waals surface area (Å²) in [5.41, 5.74) is 6.20. The van der Waals surface area contributed by atoms with Crippen LogP contribution in [0.25, 0.3) is 0 Å². The molecule has 2 N–H and O–H groups in total. The Morgan fingerprint density at radius 2 is 2.22 bits per heavy atom. The summed E-state index contributed by atoms with van der Waals surface area (Å²) < 4.78 is 1.59. The molecule has 98 valence electrons. The molecule has 2 fully saturated rings. The van der Waals surface area contributed by atoms with Crippen LogP contribution in [0.1, 0.15) is 31.4 Å². The summed E-state index contributed by atoms with van der Waals surface area (Å²) in [5.74, 6) is 0.905. The van der Waals surface area contributed by atoms with Crippen molar-refractivity contribution in [2.75, 3.05) is 6.54 Å². The molecular formula is C12H19N5O. The van der Waals surface area contributed by atoms with Crippen molar-refractivity contribution in [3.63, 3.8) is 0 Å². The van der Waals surface area contributed by atoms with Crippen LogP contribution in [-0.4, -0.2) is 38.4 Å². The van der Waals surface area contributed by atoms with E-state index >= 15 is 0 Å². The highest BCUT2D eigenvalue weighted by Crippen LogP contribution is 2.34. The first-order valence-electron chi connectivity index (χ1n) is 6.65. The van der Waals surface area contributed by atoms with Crippen molar-refractivity contribution < 1.29 is 4.79 Å². The fourth-order valence-corrected chi connectivity index (χ4v) is 2.16. The van der Waals surface area contributed by atoms with E-state index in [1.807, 2.05) is 4.90 Å². The molecule has 3 rings (SSSR count). The first-order valence-corrected chi connectivity index (χ1v) is 6.65. The molecule has 2 aliphatic carbocycles. The van der Waals surface area contributed by atoms with E-state index in [9.17, 15) is 4.79 Å². The zero-order valence-electron chi connectivity index (χ0n) is 10.5. The Kier molecular flexibility index (Phi) is 3.03. The first kappa shape index (κ1) is 11.6. The van der Waals surface area contributed by atoms with Gasteiger partial charge < -0.3 is 10.6 Å². The predicted octanol–water partition coefficient (Wildman–Crippen LogP) is 0.138. The Morgan fingerprint density at radius 3 is 2.78 bits per heavy atom. The van der Waals surface area contributed by atoms with Crippen LogP contribution in [0.3, 0.4) is 0 Å². The van der Waals surface area contributed by atoms with Crippen LogP contribution in [0.4, 0.5) is 0 Å². The lowest BCUT2D eigenvalue weighted by Crippen LogP contribution is -2.37. The highest BCUT2D eigenvalue weighted by atomic mass is 16.2. The van der Waals surface area contributed by atoms with Gasteiger partial charge in [-0.3, -0.25) is 4.79 Å². The lowest BCUT2D eigenvalue weighted by atomic mass is 10.3. The van der Waals surface area contributed by atoms with E-state index in [1.165, 1.54) is 12.8 Å². The van der Waals surface area contributed by atoms with Gasteiger partial charge in [0.25, 0.3) is 0 Å². The molecule has 1 heterocycles. The third-order valence-corrected chi connectivity index (χ3v) is 3.55. The zero-order valence-corrected chi connectivity index (χ0v) is 10.5. The monoisotopic (exact) mass is 249 g/mol. The number of amides is 1. The maximum absolute atomic E-state index is 12.3. The van der Waals surface area contributed by atoms with Crippen molar-refractivity contribution >= 4 is 5.91 Å². The smallest absolute Gasteiger partial charge is 0.244 e. The fourth-order valence-electron chi connectivity index (χ4n) is 2.16. The van der Waals surface area contributed by atoms with Crippen molar-refractivity contribution in [1.82, 2.24) is 19.9 Å². The summed E-state index contributed by atoms with van der Waals surface area (Å²) >= 11 is 0. The largest absolute Gasteiger partial charge is 0.338 e. The molecule has 0 atom stereocenters. The van der Waals surface area contributed by atoms with E-state index in [2.05, 4.69) is 10.3 Å². The number of hydrogen-bond acceptors (Lipinski definition) is 4. The summed E-state index contributed by atoms with van der Waals surface area (Å²) in [5, 5.41) is 7.82. The van der Waals surface area contributed by atoms with E-state index in [0.717, 1.165) is 31.0 Å². The van der Waals surface area contributed by atoms with Crippen molar-refractivity contribution in [3.05, 3.63) is 11.9 Å². The Morgan fingerprint density at radius 1 is 1.44 bits per heavy atom. The fraction of sp³-hybridized carbons (Fsp3) is 0.750. The van der Waals surface area contributed by atoms with E-state index in [0.29, 0.717) is 12.6 Å². The number of carbonyl (C=O) groups is 1. The Labute approximate surface area is 106 Å². The number of nitrogens with zero attached hydrogens (tertiary/aromatic N) is 4. The molecule has 0 radical (unpaired) electrons. The van der Waals surface area contributed by atoms with E-state index in [-0.39, 0.29) is 12.5 Å². The molecular weight excluding hydrogens is 230 g/mol. The number of nitrogens with two attached hydrogens (primary N) is 1. The molecule has 0 bridgehead atoms. The highest BCUT2D eigenvalue weighted by Gasteiger charge is 2.36. The van der Waals surface area contributed by atoms with Gasteiger partial charge in [0.2, 0.25) is 5.91 Å². The van der Waals surface area contributed by atoms with Crippen LogP contribution in [-0.2, 0) is 17.9 Å². The molecule has 6 heteroatoms. The summed E-state index contributed by atoms with van der Waals surface area (Å²) in [6.07, 6.45) is 6.61. The van der Waals surface area contributed by atoms with Crippen LogP contribution < -0.4 is 5.73 Å². The van der Waals surface area contributed by atoms with Crippen molar-refractivity contribution in [1.29, 1.82) is 0 Å². The van der Waals surface area contributed by atoms with Gasteiger partial charge in [-0.1, -0.05) is 5.21 Å². The first-order chi connectivity index (χ1) is 8.76. The van der Waals surface area contributed by atoms with Crippen LogP contribution in [0.15, 0.2) is 6.20 Å². The number of aromatic nitrogens is 3. The molecule has 1 aromatic heterocycles. The summed E-state index contributed by atoms with van der Waals surface area (Å²) in [4.78, 5) is 14.3. The topological polar surface area (TPSA) is 77.0 Å². The highest BCUT2D eigenvalue weighted by molar-refractivity contribution is 5.76. The third kappa shape index (κ3) is 2.69. The number of rotatable bonds is 6. The summed E-state index contributed by atoms with van der Waals surface area (Å²) in [6, 6.07) is 0.482. The minimum atomic E-state index is 0.165. The van der Waals surface area contributed by atoms with Crippen LogP contribution in [0.5, 0.6) is 0 Å². The van der Waals surface area contributed by atoms with E-state index in [1.54, 1.807) is 10.9 Å². The van der Waals surface area contributed by atoms with Gasteiger partial charge in [0.15, 0.2) is 0 Å². The molecule has 1 amide bonds. The molecule has 2 aliphatic rings. The SMILES string of the molecule is NCc1cn(CC(=O)N(CC2CC2)C2CC2)nn1. The van der Waals surface area contributed by atoms with Gasteiger partial charge in [0, 0.05) is 19.1 Å². The van der Waals surface area contributed by atoms with Gasteiger partial charge in [-0.25, -0.2) is 4.68 Å². The molecule has 6 nitrogen and oxygen atoms in total. The van der Waals surface area contributed by atoms with Gasteiger partial charge in [0.1, 0.15) is 6.54 Å². The molecule has 0 aliphatic heterocycles. The van der Waals surface area contributed by atoms with Crippen molar-refractivity contribution in [2.45, 2.75) is 44.8 Å². The van der Waals surface area contributed by atoms with Crippen molar-refractivity contribution in [2.24, 2.45) is 11.7 Å². The molecule has 0 saturated heterocycles. The van der Waals surface area contributed by atoms with Crippen LogP contribution in [0.2, 0.25) is 0 Å². The Hall–Kier alpha value is -1.43. The van der Waals surface area contributed by atoms with Gasteiger partial charge in [-0.15, -0.1) is 5.10 Å². The molecule has 0 spiro atoms. The van der Waals surface area contributed by atoms with Gasteiger partial charge in [0.05, 0.1) is 11.9 Å². The number of hydrogen-bond donors (Lipinski definition) is 1. The number of carbonyl (C=O) groups excluding carboxylic acids is 1.